The Kier molecular flexibility index (Phi) is 6.99. The number of amides is 2. The van der Waals surface area contributed by atoms with Crippen molar-refractivity contribution in [2.75, 3.05) is 13.6 Å². The van der Waals surface area contributed by atoms with Crippen molar-refractivity contribution >= 4 is 22.8 Å². The smallest absolute Gasteiger partial charge is 0.243 e. The number of nitrogens with zero attached hydrogens (tertiary/aromatic N) is 2. The summed E-state index contributed by atoms with van der Waals surface area (Å²) < 4.78 is 0. The Morgan fingerprint density at radius 3 is 2.41 bits per heavy atom. The maximum absolute atomic E-state index is 14.0. The quantitative estimate of drug-likeness (QED) is 0.492. The molecule has 0 bridgehead atoms. The van der Waals surface area contributed by atoms with Gasteiger partial charge in [-0.3, -0.25) is 14.5 Å². The Hall–Kier alpha value is -2.41. The molecule has 4 fully saturated rings. The summed E-state index contributed by atoms with van der Waals surface area (Å²) in [6.45, 7) is 1.40. The molecule has 2 amide bonds. The largest absolute Gasteiger partial charge is 0.350 e. The molecule has 2 aromatic rings. The lowest BCUT2D eigenvalue weighted by Gasteiger charge is -2.42. The highest BCUT2D eigenvalue weighted by atomic mass is 16.2. The van der Waals surface area contributed by atoms with E-state index in [2.05, 4.69) is 38.6 Å². The Morgan fingerprint density at radius 2 is 1.78 bits per heavy atom. The van der Waals surface area contributed by atoms with Crippen LogP contribution in [0.4, 0.5) is 0 Å². The molecule has 1 unspecified atom stereocenters. The number of H-pyrrole nitrogens is 1. The summed E-state index contributed by atoms with van der Waals surface area (Å²) >= 11 is 0. The van der Waals surface area contributed by atoms with Crippen LogP contribution in [0.1, 0.15) is 82.6 Å². The van der Waals surface area contributed by atoms with E-state index in [4.69, 9.17) is 0 Å². The van der Waals surface area contributed by atoms with Crippen molar-refractivity contribution in [3.8, 4) is 0 Å². The fraction of sp³-hybridized carbons (Fsp3) is 0.700. The molecule has 3 N–H and O–H groups in total. The Labute approximate surface area is 220 Å². The standard InChI is InChI=1S/C30H43N5O2/c1-35-15-13-24-17-30(24,35)29(37)34-26(25(21-8-4-2-5-9-21)22-10-6-3-7-11-22)28(36)33-19-20-16-23-12-14-31-27(23)32-18-20/h12,14,16,18,21-22,24-26H,2-11,13,15,17,19H2,1H3,(H,31,32)(H,33,36)(H,34,37)/t24-,26+,30?/m0/s1. The van der Waals surface area contributed by atoms with Crippen molar-refractivity contribution in [2.24, 2.45) is 23.7 Å². The molecule has 6 rings (SSSR count). The summed E-state index contributed by atoms with van der Waals surface area (Å²) in [7, 11) is 2.07. The van der Waals surface area contributed by atoms with Crippen LogP contribution in [-0.2, 0) is 16.1 Å². The van der Waals surface area contributed by atoms with Crippen LogP contribution in [0.15, 0.2) is 24.5 Å². The number of carbonyl (C=O) groups is 2. The number of rotatable bonds is 8. The van der Waals surface area contributed by atoms with Gasteiger partial charge in [0.05, 0.1) is 0 Å². The summed E-state index contributed by atoms with van der Waals surface area (Å²) in [6, 6.07) is 3.61. The van der Waals surface area contributed by atoms with Crippen molar-refractivity contribution in [1.82, 2.24) is 25.5 Å². The van der Waals surface area contributed by atoms with Gasteiger partial charge < -0.3 is 15.6 Å². The second-order valence-electron chi connectivity index (χ2n) is 12.3. The van der Waals surface area contributed by atoms with Crippen LogP contribution in [0.2, 0.25) is 0 Å². The predicted octanol–water partition coefficient (Wildman–Crippen LogP) is 4.53. The summed E-state index contributed by atoms with van der Waals surface area (Å²) in [5, 5.41) is 7.69. The first kappa shape index (κ1) is 24.9. The van der Waals surface area contributed by atoms with Gasteiger partial charge in [0.2, 0.25) is 11.8 Å². The molecule has 7 heteroatoms. The van der Waals surface area contributed by atoms with E-state index in [1.807, 2.05) is 18.5 Å². The minimum absolute atomic E-state index is 0.0158. The average molecular weight is 506 g/mol. The molecule has 0 spiro atoms. The van der Waals surface area contributed by atoms with Crippen LogP contribution < -0.4 is 10.6 Å². The summed E-state index contributed by atoms with van der Waals surface area (Å²) in [6.07, 6.45) is 18.0. The first-order valence-corrected chi connectivity index (χ1v) is 14.8. The third-order valence-electron chi connectivity index (χ3n) is 10.2. The molecule has 0 aromatic carbocycles. The maximum Gasteiger partial charge on any atom is 0.243 e. The van der Waals surface area contributed by atoms with E-state index in [0.29, 0.717) is 24.3 Å². The van der Waals surface area contributed by atoms with E-state index >= 15 is 0 Å². The zero-order chi connectivity index (χ0) is 25.4. The minimum atomic E-state index is -0.465. The molecule has 4 aliphatic rings. The van der Waals surface area contributed by atoms with Gasteiger partial charge in [0.1, 0.15) is 17.2 Å². The van der Waals surface area contributed by atoms with Crippen LogP contribution in [0, 0.1) is 23.7 Å². The Bertz CT molecular complexity index is 1100. The fourth-order valence-electron chi connectivity index (χ4n) is 8.08. The lowest BCUT2D eigenvalue weighted by atomic mass is 9.66. The molecular weight excluding hydrogens is 462 g/mol. The highest BCUT2D eigenvalue weighted by molar-refractivity contribution is 5.95. The lowest BCUT2D eigenvalue weighted by Crippen LogP contribution is -2.58. The average Bonchev–Trinajstić information content (AvgIpc) is 3.33. The molecule has 0 radical (unpaired) electrons. The summed E-state index contributed by atoms with van der Waals surface area (Å²) in [4.78, 5) is 37.7. The lowest BCUT2D eigenvalue weighted by molar-refractivity contribution is -0.135. The number of likely N-dealkylation sites (N-methyl/N-ethyl adjacent to an activating group) is 1. The first-order chi connectivity index (χ1) is 18.1. The molecular formula is C30H43N5O2. The van der Waals surface area contributed by atoms with Crippen molar-refractivity contribution in [3.63, 3.8) is 0 Å². The third kappa shape index (κ3) is 4.80. The number of aromatic amines is 1. The van der Waals surface area contributed by atoms with E-state index in [0.717, 1.165) is 36.0 Å². The molecule has 3 atom stereocenters. The highest BCUT2D eigenvalue weighted by Gasteiger charge is 2.66. The zero-order valence-corrected chi connectivity index (χ0v) is 22.3. The van der Waals surface area contributed by atoms with Crippen LogP contribution in [0.25, 0.3) is 11.0 Å². The first-order valence-electron chi connectivity index (χ1n) is 14.8. The number of hydrogen-bond acceptors (Lipinski definition) is 4. The van der Waals surface area contributed by atoms with Gasteiger partial charge in [-0.25, -0.2) is 4.98 Å². The third-order valence-corrected chi connectivity index (χ3v) is 10.2. The Balaban J connectivity index is 1.25. The van der Waals surface area contributed by atoms with Crippen LogP contribution >= 0.6 is 0 Å². The Morgan fingerprint density at radius 1 is 1.08 bits per heavy atom. The topological polar surface area (TPSA) is 90.1 Å². The summed E-state index contributed by atoms with van der Waals surface area (Å²) in [5.41, 5.74) is 1.45. The van der Waals surface area contributed by atoms with Crippen molar-refractivity contribution in [1.29, 1.82) is 0 Å². The predicted molar refractivity (Wildman–Crippen MR) is 145 cm³/mol. The number of piperidine rings is 1. The molecule has 3 heterocycles. The number of carbonyl (C=O) groups excluding carboxylic acids is 2. The highest BCUT2D eigenvalue weighted by Crippen LogP contribution is 2.55. The number of aromatic nitrogens is 2. The number of nitrogens with one attached hydrogen (secondary N) is 3. The van der Waals surface area contributed by atoms with E-state index in [-0.39, 0.29) is 23.3 Å². The molecule has 1 aliphatic heterocycles. The maximum atomic E-state index is 14.0. The van der Waals surface area contributed by atoms with Gasteiger partial charge in [-0.1, -0.05) is 64.2 Å². The number of likely N-dealkylation sites (tertiary alicyclic amines) is 1. The van der Waals surface area contributed by atoms with Gasteiger partial charge in [0.15, 0.2) is 0 Å². The van der Waals surface area contributed by atoms with Crippen molar-refractivity contribution < 1.29 is 9.59 Å². The minimum Gasteiger partial charge on any atom is -0.350 e. The number of fused-ring (bicyclic) bond motifs is 2. The van der Waals surface area contributed by atoms with Gasteiger partial charge in [-0.2, -0.15) is 0 Å². The van der Waals surface area contributed by atoms with Gasteiger partial charge in [-0.15, -0.1) is 0 Å². The molecule has 37 heavy (non-hydrogen) atoms. The number of hydrogen-bond donors (Lipinski definition) is 3. The fourth-order valence-corrected chi connectivity index (χ4v) is 8.08. The van der Waals surface area contributed by atoms with E-state index in [1.54, 1.807) is 0 Å². The van der Waals surface area contributed by atoms with E-state index in [9.17, 15) is 9.59 Å². The second-order valence-corrected chi connectivity index (χ2v) is 12.3. The molecule has 3 saturated carbocycles. The molecule has 3 aliphatic carbocycles. The van der Waals surface area contributed by atoms with Crippen molar-refractivity contribution in [3.05, 3.63) is 30.1 Å². The zero-order valence-electron chi connectivity index (χ0n) is 22.3. The van der Waals surface area contributed by atoms with Gasteiger partial charge in [-0.05, 0) is 67.8 Å². The van der Waals surface area contributed by atoms with Gasteiger partial charge in [0.25, 0.3) is 0 Å². The molecule has 200 valence electrons. The van der Waals surface area contributed by atoms with Crippen LogP contribution in [-0.4, -0.2) is 51.9 Å². The van der Waals surface area contributed by atoms with Crippen molar-refractivity contribution in [2.45, 2.75) is 95.2 Å². The van der Waals surface area contributed by atoms with Gasteiger partial charge in [0, 0.05) is 24.3 Å². The number of pyridine rings is 1. The van der Waals surface area contributed by atoms with E-state index in [1.165, 1.54) is 64.2 Å². The normalized spacial score (nSPS) is 27.8. The SMILES string of the molecule is CN1CC[C@H]2CC21C(=O)N[C@@H](C(=O)NCc1cnc2[nH]ccc2c1)C(C1CCCCC1)C1CCCCC1. The molecule has 2 aromatic heterocycles. The van der Waals surface area contributed by atoms with E-state index < -0.39 is 6.04 Å². The monoisotopic (exact) mass is 505 g/mol. The molecule has 7 nitrogen and oxygen atoms in total. The summed E-state index contributed by atoms with van der Waals surface area (Å²) in [5.74, 6) is 1.76. The van der Waals surface area contributed by atoms with Crippen LogP contribution in [0.5, 0.6) is 0 Å². The second kappa shape index (κ2) is 10.4. The van der Waals surface area contributed by atoms with Crippen LogP contribution in [0.3, 0.4) is 0 Å². The van der Waals surface area contributed by atoms with Gasteiger partial charge >= 0.3 is 0 Å². The molecule has 1 saturated heterocycles.